The zero-order chi connectivity index (χ0) is 14.7. The summed E-state index contributed by atoms with van der Waals surface area (Å²) in [7, 11) is 0. The molecule has 0 atom stereocenters. The number of rotatable bonds is 3. The van der Waals surface area contributed by atoms with E-state index in [0.29, 0.717) is 11.6 Å². The van der Waals surface area contributed by atoms with Gasteiger partial charge in [0.2, 0.25) is 5.95 Å². The van der Waals surface area contributed by atoms with Gasteiger partial charge in [-0.2, -0.15) is 0 Å². The lowest BCUT2D eigenvalue weighted by molar-refractivity contribution is 0.592. The summed E-state index contributed by atoms with van der Waals surface area (Å²) in [4.78, 5) is 12.7. The third-order valence-electron chi connectivity index (χ3n) is 3.65. The molecule has 21 heavy (non-hydrogen) atoms. The van der Waals surface area contributed by atoms with Crippen LogP contribution >= 0.6 is 11.6 Å². The maximum absolute atomic E-state index is 14.1. The molecule has 2 heterocycles. The van der Waals surface area contributed by atoms with Crippen molar-refractivity contribution in [3.8, 4) is 0 Å². The van der Waals surface area contributed by atoms with Crippen LogP contribution in [0, 0.1) is 5.82 Å². The number of para-hydroxylation sites is 1. The summed E-state index contributed by atoms with van der Waals surface area (Å²) in [5.41, 5.74) is 1.46. The minimum Gasteiger partial charge on any atom is -0.365 e. The summed E-state index contributed by atoms with van der Waals surface area (Å²) in [5, 5.41) is 0. The molecule has 6 heteroatoms. The van der Waals surface area contributed by atoms with Crippen LogP contribution in [-0.2, 0) is 5.88 Å². The fourth-order valence-electron chi connectivity index (χ4n) is 2.61. The van der Waals surface area contributed by atoms with Crippen molar-refractivity contribution in [2.45, 2.75) is 5.88 Å². The standard InChI is InChI=1S/C15H16ClFN4/c16-11-12-3-1-4-13(17)14(12)20-7-9-21(10-8-20)15-18-5-2-6-19-15/h1-6H,7-11H2. The number of alkyl halides is 1. The molecule has 1 aliphatic heterocycles. The Morgan fingerprint density at radius 1 is 1.00 bits per heavy atom. The van der Waals surface area contributed by atoms with E-state index in [2.05, 4.69) is 14.9 Å². The molecule has 4 nitrogen and oxygen atoms in total. The Labute approximate surface area is 128 Å². The molecule has 1 aliphatic rings. The van der Waals surface area contributed by atoms with E-state index in [-0.39, 0.29) is 5.82 Å². The first-order valence-electron chi connectivity index (χ1n) is 6.90. The molecule has 110 valence electrons. The molecule has 1 saturated heterocycles. The molecule has 0 unspecified atom stereocenters. The summed E-state index contributed by atoms with van der Waals surface area (Å²) < 4.78 is 14.1. The van der Waals surface area contributed by atoms with Gasteiger partial charge in [-0.1, -0.05) is 12.1 Å². The van der Waals surface area contributed by atoms with Gasteiger partial charge in [-0.25, -0.2) is 14.4 Å². The third-order valence-corrected chi connectivity index (χ3v) is 3.93. The molecular weight excluding hydrogens is 291 g/mol. The Balaban J connectivity index is 1.75. The van der Waals surface area contributed by atoms with Gasteiger partial charge >= 0.3 is 0 Å². The van der Waals surface area contributed by atoms with Crippen LogP contribution in [0.25, 0.3) is 0 Å². The normalized spacial score (nSPS) is 15.3. The second-order valence-corrected chi connectivity index (χ2v) is 5.17. The molecule has 0 aliphatic carbocycles. The Bertz CT molecular complexity index is 600. The van der Waals surface area contributed by atoms with Crippen LogP contribution in [0.3, 0.4) is 0 Å². The first-order chi connectivity index (χ1) is 10.3. The summed E-state index contributed by atoms with van der Waals surface area (Å²) in [6, 6.07) is 6.85. The summed E-state index contributed by atoms with van der Waals surface area (Å²) in [5.74, 6) is 0.829. The summed E-state index contributed by atoms with van der Waals surface area (Å²) in [6.45, 7) is 2.98. The molecule has 0 bridgehead atoms. The molecule has 0 saturated carbocycles. The van der Waals surface area contributed by atoms with Gasteiger partial charge in [-0.3, -0.25) is 0 Å². The second-order valence-electron chi connectivity index (χ2n) is 4.90. The van der Waals surface area contributed by atoms with Crippen molar-refractivity contribution in [3.63, 3.8) is 0 Å². The summed E-state index contributed by atoms with van der Waals surface area (Å²) >= 11 is 5.92. The van der Waals surface area contributed by atoms with Gasteiger partial charge in [0.15, 0.2) is 0 Å². The maximum atomic E-state index is 14.1. The van der Waals surface area contributed by atoms with Crippen LogP contribution in [0.2, 0.25) is 0 Å². The van der Waals surface area contributed by atoms with Gasteiger partial charge in [0.25, 0.3) is 0 Å². The molecule has 1 aromatic heterocycles. The maximum Gasteiger partial charge on any atom is 0.225 e. The Kier molecular flexibility index (Phi) is 4.20. The van der Waals surface area contributed by atoms with Crippen LogP contribution in [-0.4, -0.2) is 36.1 Å². The number of hydrogen-bond acceptors (Lipinski definition) is 4. The number of aromatic nitrogens is 2. The van der Waals surface area contributed by atoms with Gasteiger partial charge in [0, 0.05) is 44.5 Å². The smallest absolute Gasteiger partial charge is 0.225 e. The molecule has 0 amide bonds. The highest BCUT2D eigenvalue weighted by atomic mass is 35.5. The van der Waals surface area contributed by atoms with E-state index in [4.69, 9.17) is 11.6 Å². The monoisotopic (exact) mass is 306 g/mol. The average molecular weight is 307 g/mol. The number of halogens is 2. The Morgan fingerprint density at radius 3 is 2.33 bits per heavy atom. The fourth-order valence-corrected chi connectivity index (χ4v) is 2.82. The quantitative estimate of drug-likeness (QED) is 0.816. The lowest BCUT2D eigenvalue weighted by Gasteiger charge is -2.36. The zero-order valence-corrected chi connectivity index (χ0v) is 12.3. The van der Waals surface area contributed by atoms with Crippen LogP contribution < -0.4 is 9.80 Å². The highest BCUT2D eigenvalue weighted by Crippen LogP contribution is 2.27. The van der Waals surface area contributed by atoms with Gasteiger partial charge in [-0.05, 0) is 17.7 Å². The van der Waals surface area contributed by atoms with Crippen LogP contribution in [0.4, 0.5) is 16.0 Å². The SMILES string of the molecule is Fc1cccc(CCl)c1N1CCN(c2ncccn2)CC1. The molecule has 1 aromatic carbocycles. The van der Waals surface area contributed by atoms with E-state index in [0.717, 1.165) is 37.7 Å². The molecule has 1 fully saturated rings. The highest BCUT2D eigenvalue weighted by molar-refractivity contribution is 6.17. The van der Waals surface area contributed by atoms with E-state index in [1.807, 2.05) is 11.0 Å². The fraction of sp³-hybridized carbons (Fsp3) is 0.333. The van der Waals surface area contributed by atoms with Crippen LogP contribution in [0.5, 0.6) is 0 Å². The number of nitrogens with zero attached hydrogens (tertiary/aromatic N) is 4. The molecule has 0 radical (unpaired) electrons. The number of benzene rings is 1. The molecule has 2 aromatic rings. The van der Waals surface area contributed by atoms with Crippen LogP contribution in [0.1, 0.15) is 5.56 Å². The molecule has 3 rings (SSSR count). The average Bonchev–Trinajstić information content (AvgIpc) is 2.55. The zero-order valence-electron chi connectivity index (χ0n) is 11.5. The van der Waals surface area contributed by atoms with Crippen molar-refractivity contribution >= 4 is 23.2 Å². The number of hydrogen-bond donors (Lipinski definition) is 0. The van der Waals surface area contributed by atoms with Gasteiger partial charge in [-0.15, -0.1) is 11.6 Å². The van der Waals surface area contributed by atoms with E-state index >= 15 is 0 Å². The van der Waals surface area contributed by atoms with Crippen molar-refractivity contribution in [1.82, 2.24) is 9.97 Å². The third kappa shape index (κ3) is 2.93. The van der Waals surface area contributed by atoms with E-state index in [1.54, 1.807) is 24.5 Å². The molecule has 0 spiro atoms. The van der Waals surface area contributed by atoms with E-state index < -0.39 is 0 Å². The van der Waals surface area contributed by atoms with Gasteiger partial charge in [0.05, 0.1) is 5.69 Å². The minimum absolute atomic E-state index is 0.211. The van der Waals surface area contributed by atoms with Crippen molar-refractivity contribution in [1.29, 1.82) is 0 Å². The predicted octanol–water partition coefficient (Wildman–Crippen LogP) is 2.68. The Hall–Kier alpha value is -1.88. The summed E-state index contributed by atoms with van der Waals surface area (Å²) in [6.07, 6.45) is 3.47. The predicted molar refractivity (Wildman–Crippen MR) is 82.4 cm³/mol. The first kappa shape index (κ1) is 14.1. The van der Waals surface area contributed by atoms with Crippen molar-refractivity contribution in [2.75, 3.05) is 36.0 Å². The van der Waals surface area contributed by atoms with Crippen LogP contribution in [0.15, 0.2) is 36.7 Å². The van der Waals surface area contributed by atoms with Gasteiger partial charge < -0.3 is 9.80 Å². The lowest BCUT2D eigenvalue weighted by Crippen LogP contribution is -2.47. The molecule has 0 N–H and O–H groups in total. The van der Waals surface area contributed by atoms with Crippen molar-refractivity contribution < 1.29 is 4.39 Å². The second kappa shape index (κ2) is 6.26. The van der Waals surface area contributed by atoms with E-state index in [9.17, 15) is 4.39 Å². The number of piperazine rings is 1. The minimum atomic E-state index is -0.211. The Morgan fingerprint density at radius 2 is 1.67 bits per heavy atom. The van der Waals surface area contributed by atoms with Crippen molar-refractivity contribution in [3.05, 3.63) is 48.0 Å². The van der Waals surface area contributed by atoms with Crippen molar-refractivity contribution in [2.24, 2.45) is 0 Å². The number of anilines is 2. The first-order valence-corrected chi connectivity index (χ1v) is 7.43. The highest BCUT2D eigenvalue weighted by Gasteiger charge is 2.22. The lowest BCUT2D eigenvalue weighted by atomic mass is 10.1. The molecular formula is C15H16ClFN4. The largest absolute Gasteiger partial charge is 0.365 e. The van der Waals surface area contributed by atoms with Gasteiger partial charge in [0.1, 0.15) is 5.82 Å². The van der Waals surface area contributed by atoms with E-state index in [1.165, 1.54) is 6.07 Å². The topological polar surface area (TPSA) is 32.3 Å².